The van der Waals surface area contributed by atoms with E-state index in [1.165, 1.54) is 24.2 Å². The molecule has 0 saturated carbocycles. The third-order valence-electron chi connectivity index (χ3n) is 5.31. The monoisotopic (exact) mass is 459 g/mol. The first-order valence-electron chi connectivity index (χ1n) is 10.2. The fourth-order valence-electron chi connectivity index (χ4n) is 3.52. The summed E-state index contributed by atoms with van der Waals surface area (Å²) in [6, 6.07) is 12.4. The van der Waals surface area contributed by atoms with Crippen LogP contribution in [0.4, 0.5) is 4.79 Å². The summed E-state index contributed by atoms with van der Waals surface area (Å²) < 4.78 is 0. The van der Waals surface area contributed by atoms with Crippen LogP contribution in [0, 0.1) is 6.92 Å². The van der Waals surface area contributed by atoms with Crippen LogP contribution in [0.5, 0.6) is 0 Å². The van der Waals surface area contributed by atoms with Crippen LogP contribution in [0.15, 0.2) is 60.8 Å². The van der Waals surface area contributed by atoms with Crippen LogP contribution in [0.25, 0.3) is 0 Å². The number of carboxylic acids is 1. The van der Waals surface area contributed by atoms with Crippen molar-refractivity contribution in [3.8, 4) is 0 Å². The molecule has 3 amide bonds. The molecule has 0 aliphatic carbocycles. The minimum atomic E-state index is -1.34. The number of benzene rings is 2. The first kappa shape index (κ1) is 26.3. The number of ketones is 1. The molecule has 2 aromatic carbocycles. The van der Waals surface area contributed by atoms with Gasteiger partial charge in [-0.05, 0) is 35.6 Å². The second-order valence-electron chi connectivity index (χ2n) is 7.72. The molecule has 0 fully saturated rings. The zero-order valence-corrected chi connectivity index (χ0v) is 17.9. The molecule has 168 valence electrons. The van der Waals surface area contributed by atoms with E-state index in [0.717, 1.165) is 16.7 Å². The molecule has 8 nitrogen and oxygen atoms in total. The van der Waals surface area contributed by atoms with E-state index in [1.807, 2.05) is 49.4 Å². The summed E-state index contributed by atoms with van der Waals surface area (Å²) in [4.78, 5) is 49.3. The van der Waals surface area contributed by atoms with E-state index in [0.29, 0.717) is 12.0 Å². The Kier molecular flexibility index (Phi) is 9.40. The average molecular weight is 459 g/mol. The molecule has 1 aliphatic heterocycles. The fourth-order valence-corrected chi connectivity index (χ4v) is 3.52. The number of rotatable bonds is 7. The molecule has 9 heteroatoms. The standard InChI is InChI=1S/C24H25N3O5.Na.H/c1-15-6-3-4-8-17(15)12-16-7-5-9-18(13-16)19(14-21(29)30)25-24(32)26-22-20(28)10-11-27(2)23(22)31;;/h3-11,13,19,22H,12,14H2,1-2H3,(H,29,30)(H2,25,26,32);;. The van der Waals surface area contributed by atoms with E-state index >= 15 is 0 Å². The van der Waals surface area contributed by atoms with E-state index in [-0.39, 0.29) is 36.0 Å². The molecule has 3 rings (SSSR count). The van der Waals surface area contributed by atoms with Gasteiger partial charge in [0.25, 0.3) is 5.91 Å². The van der Waals surface area contributed by atoms with E-state index in [9.17, 15) is 24.3 Å². The van der Waals surface area contributed by atoms with E-state index in [2.05, 4.69) is 10.6 Å². The third kappa shape index (κ3) is 7.02. The number of aliphatic carboxylic acids is 1. The molecule has 0 spiro atoms. The Morgan fingerprint density at radius 2 is 1.85 bits per heavy atom. The van der Waals surface area contributed by atoms with Crippen LogP contribution in [0.1, 0.15) is 34.7 Å². The maximum absolute atomic E-state index is 12.5. The predicted molar refractivity (Wildman–Crippen MR) is 125 cm³/mol. The molecule has 0 saturated heterocycles. The van der Waals surface area contributed by atoms with Gasteiger partial charge < -0.3 is 20.6 Å². The molecule has 0 bridgehead atoms. The molecule has 1 aliphatic rings. The first-order valence-corrected chi connectivity index (χ1v) is 10.2. The molecular weight excluding hydrogens is 433 g/mol. The molecule has 1 heterocycles. The van der Waals surface area contributed by atoms with Crippen molar-refractivity contribution >= 4 is 53.2 Å². The van der Waals surface area contributed by atoms with Gasteiger partial charge in [0, 0.05) is 19.3 Å². The molecule has 0 radical (unpaired) electrons. The summed E-state index contributed by atoms with van der Waals surface area (Å²) in [6.45, 7) is 2.03. The number of nitrogens with zero attached hydrogens (tertiary/aromatic N) is 1. The van der Waals surface area contributed by atoms with Crippen molar-refractivity contribution < 1.29 is 24.3 Å². The molecule has 3 N–H and O–H groups in total. The number of carbonyl (C=O) groups excluding carboxylic acids is 3. The van der Waals surface area contributed by atoms with Gasteiger partial charge in [-0.3, -0.25) is 14.4 Å². The summed E-state index contributed by atoms with van der Waals surface area (Å²) >= 11 is 0. The molecule has 2 atom stereocenters. The Hall–Kier alpha value is -2.94. The second kappa shape index (κ2) is 11.8. The summed E-state index contributed by atoms with van der Waals surface area (Å²) in [6.07, 6.45) is 2.84. The Labute approximate surface area is 214 Å². The van der Waals surface area contributed by atoms with Crippen LogP contribution in [-0.4, -0.2) is 76.3 Å². The van der Waals surface area contributed by atoms with Gasteiger partial charge in [-0.25, -0.2) is 4.79 Å². The molecular formula is C24H26N3NaO5. The van der Waals surface area contributed by atoms with E-state index in [1.54, 1.807) is 6.07 Å². The Bertz CT molecular complexity index is 1090. The Balaban J connectivity index is 0.00000385. The molecule has 2 unspecified atom stereocenters. The summed E-state index contributed by atoms with van der Waals surface area (Å²) in [7, 11) is 1.48. The normalized spacial score (nSPS) is 16.1. The van der Waals surface area contributed by atoms with Crippen molar-refractivity contribution in [2.24, 2.45) is 0 Å². The quantitative estimate of drug-likeness (QED) is 0.430. The number of amides is 3. The van der Waals surface area contributed by atoms with Crippen LogP contribution < -0.4 is 10.6 Å². The van der Waals surface area contributed by atoms with Gasteiger partial charge in [0.1, 0.15) is 0 Å². The topological polar surface area (TPSA) is 116 Å². The second-order valence-corrected chi connectivity index (χ2v) is 7.72. The number of aryl methyl sites for hydroxylation is 1. The Morgan fingerprint density at radius 1 is 1.12 bits per heavy atom. The predicted octanol–water partition coefficient (Wildman–Crippen LogP) is 1.68. The number of hydrogen-bond acceptors (Lipinski definition) is 4. The van der Waals surface area contributed by atoms with Gasteiger partial charge in [-0.15, -0.1) is 0 Å². The number of nitrogens with one attached hydrogen (secondary N) is 2. The van der Waals surface area contributed by atoms with Gasteiger partial charge in [0.2, 0.25) is 0 Å². The minimum absolute atomic E-state index is 0. The van der Waals surface area contributed by atoms with Crippen LogP contribution in [0.2, 0.25) is 0 Å². The average Bonchev–Trinajstić information content (AvgIpc) is 2.75. The van der Waals surface area contributed by atoms with Gasteiger partial charge in [-0.1, -0.05) is 48.5 Å². The van der Waals surface area contributed by atoms with Crippen LogP contribution >= 0.6 is 0 Å². The zero-order valence-electron chi connectivity index (χ0n) is 17.9. The van der Waals surface area contributed by atoms with Crippen LogP contribution in [-0.2, 0) is 20.8 Å². The number of carboxylic acid groups (broad SMARTS) is 1. The van der Waals surface area contributed by atoms with Gasteiger partial charge in [-0.2, -0.15) is 0 Å². The van der Waals surface area contributed by atoms with E-state index < -0.39 is 35.8 Å². The number of carbonyl (C=O) groups is 4. The van der Waals surface area contributed by atoms with Gasteiger partial charge in [0.05, 0.1) is 12.5 Å². The van der Waals surface area contributed by atoms with Crippen molar-refractivity contribution in [3.05, 3.63) is 83.1 Å². The van der Waals surface area contributed by atoms with Crippen molar-refractivity contribution in [2.45, 2.75) is 31.8 Å². The SMILES string of the molecule is Cc1ccccc1Cc1cccc(C(CC(=O)O)NC(=O)NC2C(=O)C=CN(C)C2=O)c1.[NaH]. The maximum atomic E-state index is 12.5. The van der Waals surface area contributed by atoms with Crippen molar-refractivity contribution in [1.29, 1.82) is 0 Å². The number of likely N-dealkylation sites (N-methyl/N-ethyl adjacent to an activating group) is 1. The fraction of sp³-hybridized carbons (Fsp3) is 0.250. The summed E-state index contributed by atoms with van der Waals surface area (Å²) in [5, 5.41) is 14.3. The molecule has 0 aromatic heterocycles. The van der Waals surface area contributed by atoms with E-state index in [4.69, 9.17) is 0 Å². The molecule has 33 heavy (non-hydrogen) atoms. The van der Waals surface area contributed by atoms with Gasteiger partial charge in [0.15, 0.2) is 11.8 Å². The summed E-state index contributed by atoms with van der Waals surface area (Å²) in [5.74, 6) is -2.20. The number of hydrogen-bond donors (Lipinski definition) is 3. The van der Waals surface area contributed by atoms with Gasteiger partial charge >= 0.3 is 41.6 Å². The third-order valence-corrected chi connectivity index (χ3v) is 5.31. The summed E-state index contributed by atoms with van der Waals surface area (Å²) in [5.41, 5.74) is 3.89. The van der Waals surface area contributed by atoms with Crippen molar-refractivity contribution in [2.75, 3.05) is 7.05 Å². The first-order chi connectivity index (χ1) is 15.2. The Morgan fingerprint density at radius 3 is 2.55 bits per heavy atom. The van der Waals surface area contributed by atoms with Crippen LogP contribution in [0.3, 0.4) is 0 Å². The zero-order chi connectivity index (χ0) is 23.3. The molecule has 2 aromatic rings. The van der Waals surface area contributed by atoms with Crippen molar-refractivity contribution in [3.63, 3.8) is 0 Å². The number of urea groups is 1. The van der Waals surface area contributed by atoms with Crippen molar-refractivity contribution in [1.82, 2.24) is 15.5 Å².